The lowest BCUT2D eigenvalue weighted by Gasteiger charge is -2.08. The molecule has 0 spiro atoms. The molecule has 0 bridgehead atoms. The Morgan fingerprint density at radius 2 is 2.31 bits per heavy atom. The van der Waals surface area contributed by atoms with E-state index in [2.05, 4.69) is 0 Å². The first-order valence-electron chi connectivity index (χ1n) is 4.03. The van der Waals surface area contributed by atoms with Crippen LogP contribution in [0.15, 0.2) is 18.2 Å². The fourth-order valence-corrected chi connectivity index (χ4v) is 1.24. The van der Waals surface area contributed by atoms with Crippen molar-refractivity contribution in [3.05, 3.63) is 34.3 Å². The second-order valence-corrected chi connectivity index (χ2v) is 3.38. The summed E-state index contributed by atoms with van der Waals surface area (Å²) in [5.41, 5.74) is 7.68. The van der Waals surface area contributed by atoms with Gasteiger partial charge in [-0.1, -0.05) is 23.7 Å². The predicted molar refractivity (Wildman–Crippen MR) is 53.3 cm³/mol. The fourth-order valence-electron chi connectivity index (χ4n) is 1.06. The van der Waals surface area contributed by atoms with Crippen LogP contribution >= 0.6 is 11.6 Å². The van der Waals surface area contributed by atoms with Gasteiger partial charge in [-0.05, 0) is 24.1 Å². The van der Waals surface area contributed by atoms with Crippen molar-refractivity contribution in [2.24, 2.45) is 5.73 Å². The molecule has 0 amide bonds. The maximum atomic E-state index is 8.46. The summed E-state index contributed by atoms with van der Waals surface area (Å²) in [4.78, 5) is 0. The van der Waals surface area contributed by atoms with Crippen LogP contribution in [0.3, 0.4) is 0 Å². The molecule has 0 unspecified atom stereocenters. The molecule has 0 saturated carbocycles. The van der Waals surface area contributed by atoms with E-state index < -0.39 is 0 Å². The molecule has 0 aliphatic rings. The number of benzene rings is 1. The summed E-state index contributed by atoms with van der Waals surface area (Å²) >= 11 is 5.92. The molecular formula is C10H11ClN2. The van der Waals surface area contributed by atoms with Gasteiger partial charge < -0.3 is 5.73 Å². The average Bonchev–Trinajstić information content (AvgIpc) is 2.10. The van der Waals surface area contributed by atoms with Gasteiger partial charge in [0.1, 0.15) is 0 Å². The second kappa shape index (κ2) is 4.27. The molecule has 0 fully saturated rings. The van der Waals surface area contributed by atoms with Crippen molar-refractivity contribution < 1.29 is 0 Å². The number of nitriles is 1. The Labute approximate surface area is 82.9 Å². The van der Waals surface area contributed by atoms with Gasteiger partial charge in [0.05, 0.1) is 12.5 Å². The number of nitrogens with zero attached hydrogens (tertiary/aromatic N) is 1. The highest BCUT2D eigenvalue weighted by atomic mass is 35.5. The zero-order valence-electron chi connectivity index (χ0n) is 7.42. The van der Waals surface area contributed by atoms with Crippen LogP contribution in [0.25, 0.3) is 0 Å². The van der Waals surface area contributed by atoms with E-state index in [1.807, 2.05) is 31.2 Å². The topological polar surface area (TPSA) is 49.8 Å². The number of halogens is 1. The number of rotatable bonds is 2. The lowest BCUT2D eigenvalue weighted by molar-refractivity contribution is 0.748. The van der Waals surface area contributed by atoms with Gasteiger partial charge in [-0.2, -0.15) is 5.26 Å². The zero-order chi connectivity index (χ0) is 9.84. The van der Waals surface area contributed by atoms with Crippen molar-refractivity contribution in [2.45, 2.75) is 19.4 Å². The molecule has 2 N–H and O–H groups in total. The fraction of sp³-hybridized carbons (Fsp3) is 0.300. The molecule has 2 nitrogen and oxygen atoms in total. The maximum Gasteiger partial charge on any atom is 0.0641 e. The van der Waals surface area contributed by atoms with Crippen LogP contribution in [0.5, 0.6) is 0 Å². The minimum atomic E-state index is -0.233. The predicted octanol–water partition coefficient (Wildman–Crippen LogP) is 2.56. The van der Waals surface area contributed by atoms with E-state index in [0.29, 0.717) is 11.4 Å². The first-order valence-corrected chi connectivity index (χ1v) is 4.41. The smallest absolute Gasteiger partial charge is 0.0641 e. The average molecular weight is 195 g/mol. The number of aryl methyl sites for hydroxylation is 1. The van der Waals surface area contributed by atoms with Crippen LogP contribution in [0.1, 0.15) is 23.6 Å². The van der Waals surface area contributed by atoms with E-state index >= 15 is 0 Å². The van der Waals surface area contributed by atoms with E-state index in [1.165, 1.54) is 0 Å². The molecular weight excluding hydrogens is 184 g/mol. The van der Waals surface area contributed by atoms with Crippen molar-refractivity contribution in [2.75, 3.05) is 0 Å². The molecule has 1 aromatic carbocycles. The van der Waals surface area contributed by atoms with Gasteiger partial charge in [0.2, 0.25) is 0 Å². The van der Waals surface area contributed by atoms with Gasteiger partial charge >= 0.3 is 0 Å². The van der Waals surface area contributed by atoms with E-state index in [9.17, 15) is 0 Å². The van der Waals surface area contributed by atoms with E-state index in [1.54, 1.807) is 0 Å². The number of hydrogen-bond acceptors (Lipinski definition) is 2. The van der Waals surface area contributed by atoms with Gasteiger partial charge in [-0.15, -0.1) is 0 Å². The largest absolute Gasteiger partial charge is 0.323 e. The summed E-state index contributed by atoms with van der Waals surface area (Å²) < 4.78 is 0. The molecule has 0 saturated heterocycles. The molecule has 1 atom stereocenters. The standard InChI is InChI=1S/C10H11ClN2/c1-7-2-3-8(6-9(7)11)10(13)4-5-12/h2-3,6,10H,4,13H2,1H3/t10-/m1/s1. The monoisotopic (exact) mass is 194 g/mol. The Morgan fingerprint density at radius 3 is 2.85 bits per heavy atom. The summed E-state index contributed by atoms with van der Waals surface area (Å²) in [6, 6.07) is 7.43. The Hall–Kier alpha value is -1.04. The Balaban J connectivity index is 2.91. The molecule has 1 aromatic rings. The van der Waals surface area contributed by atoms with E-state index in [4.69, 9.17) is 22.6 Å². The summed E-state index contributed by atoms with van der Waals surface area (Å²) in [6.07, 6.45) is 0.319. The Kier molecular flexibility index (Phi) is 3.30. The molecule has 0 radical (unpaired) electrons. The van der Waals surface area contributed by atoms with Crippen LogP contribution in [-0.4, -0.2) is 0 Å². The highest BCUT2D eigenvalue weighted by molar-refractivity contribution is 6.31. The molecule has 0 aliphatic heterocycles. The molecule has 0 heterocycles. The van der Waals surface area contributed by atoms with Gasteiger partial charge in [-0.25, -0.2) is 0 Å². The second-order valence-electron chi connectivity index (χ2n) is 2.98. The van der Waals surface area contributed by atoms with Gasteiger partial charge in [0, 0.05) is 11.1 Å². The maximum absolute atomic E-state index is 8.46. The lowest BCUT2D eigenvalue weighted by atomic mass is 10.0. The molecule has 0 aliphatic carbocycles. The van der Waals surface area contributed by atoms with Crippen molar-refractivity contribution >= 4 is 11.6 Å². The number of nitrogens with two attached hydrogens (primary N) is 1. The third-order valence-corrected chi connectivity index (χ3v) is 2.34. The summed E-state index contributed by atoms with van der Waals surface area (Å²) in [5.74, 6) is 0. The van der Waals surface area contributed by atoms with E-state index in [0.717, 1.165) is 11.1 Å². The Morgan fingerprint density at radius 1 is 1.62 bits per heavy atom. The van der Waals surface area contributed by atoms with Crippen LogP contribution in [0, 0.1) is 18.3 Å². The zero-order valence-corrected chi connectivity index (χ0v) is 8.17. The summed E-state index contributed by atoms with van der Waals surface area (Å²) in [6.45, 7) is 1.93. The SMILES string of the molecule is Cc1ccc([C@H](N)CC#N)cc1Cl. The molecule has 1 rings (SSSR count). The summed E-state index contributed by atoms with van der Waals surface area (Å²) in [7, 11) is 0. The van der Waals surface area contributed by atoms with Crippen LogP contribution in [-0.2, 0) is 0 Å². The van der Waals surface area contributed by atoms with Crippen LogP contribution < -0.4 is 5.73 Å². The normalized spacial score (nSPS) is 12.2. The third-order valence-electron chi connectivity index (χ3n) is 1.94. The minimum Gasteiger partial charge on any atom is -0.323 e. The van der Waals surface area contributed by atoms with Crippen LogP contribution in [0.2, 0.25) is 5.02 Å². The minimum absolute atomic E-state index is 0.233. The lowest BCUT2D eigenvalue weighted by Crippen LogP contribution is -2.09. The van der Waals surface area contributed by atoms with Crippen molar-refractivity contribution in [3.63, 3.8) is 0 Å². The first-order chi connectivity index (χ1) is 6.15. The van der Waals surface area contributed by atoms with Crippen molar-refractivity contribution in [3.8, 4) is 6.07 Å². The molecule has 68 valence electrons. The van der Waals surface area contributed by atoms with Gasteiger partial charge in [-0.3, -0.25) is 0 Å². The highest BCUT2D eigenvalue weighted by Crippen LogP contribution is 2.21. The molecule has 3 heteroatoms. The van der Waals surface area contributed by atoms with Gasteiger partial charge in [0.15, 0.2) is 0 Å². The first kappa shape index (κ1) is 10.0. The summed E-state index contributed by atoms with van der Waals surface area (Å²) in [5, 5.41) is 9.16. The third kappa shape index (κ3) is 2.45. The highest BCUT2D eigenvalue weighted by Gasteiger charge is 2.06. The Bertz CT molecular complexity index is 341. The number of hydrogen-bond donors (Lipinski definition) is 1. The quantitative estimate of drug-likeness (QED) is 0.787. The van der Waals surface area contributed by atoms with Crippen molar-refractivity contribution in [1.82, 2.24) is 0 Å². The van der Waals surface area contributed by atoms with E-state index in [-0.39, 0.29) is 6.04 Å². The van der Waals surface area contributed by atoms with Gasteiger partial charge in [0.25, 0.3) is 0 Å². The van der Waals surface area contributed by atoms with Crippen molar-refractivity contribution in [1.29, 1.82) is 5.26 Å². The van der Waals surface area contributed by atoms with Crippen LogP contribution in [0.4, 0.5) is 0 Å². The molecule has 0 aromatic heterocycles. The molecule has 13 heavy (non-hydrogen) atoms.